The molecule has 7 rings (SSSR count). The van der Waals surface area contributed by atoms with Crippen molar-refractivity contribution in [3.63, 3.8) is 0 Å². The predicted molar refractivity (Wildman–Crippen MR) is 246 cm³/mol. The number of rotatable bonds is 23. The Balaban J connectivity index is 0.871. The number of carbonyl (C=O) groups excluding carboxylic acids is 8. The number of nitrogens with zero attached hydrogens (tertiary/aromatic N) is 3. The van der Waals surface area contributed by atoms with Crippen molar-refractivity contribution in [2.24, 2.45) is 5.73 Å². The Morgan fingerprint density at radius 2 is 1.62 bits per heavy atom. The van der Waals surface area contributed by atoms with Crippen LogP contribution < -0.4 is 27.0 Å². The van der Waals surface area contributed by atoms with Crippen molar-refractivity contribution in [3.8, 4) is 0 Å². The third kappa shape index (κ3) is 12.3. The van der Waals surface area contributed by atoms with Gasteiger partial charge >= 0.3 is 13.3 Å². The Bertz CT molecular complexity index is 2590. The number of alkyl halides is 2. The Morgan fingerprint density at radius 1 is 0.887 bits per heavy atom. The number of H-pyrrole nitrogens is 1. The second kappa shape index (κ2) is 22.9. The largest absolute Gasteiger partial charge is 0.399 e. The number of aromatic amines is 1. The smallest absolute Gasteiger partial charge is 0.382 e. The van der Waals surface area contributed by atoms with Gasteiger partial charge in [-0.2, -0.15) is 8.78 Å². The highest BCUT2D eigenvalue weighted by molar-refractivity contribution is 7.52. The van der Waals surface area contributed by atoms with Crippen molar-refractivity contribution < 1.29 is 75.7 Å². The van der Waals surface area contributed by atoms with E-state index in [1.807, 2.05) is 4.90 Å². The molecule has 0 saturated carbocycles. The number of halogens is 2. The number of ether oxygens (including phenoxy) is 3. The summed E-state index contributed by atoms with van der Waals surface area (Å²) < 4.78 is 57.6. The van der Waals surface area contributed by atoms with Gasteiger partial charge < -0.3 is 55.6 Å². The minimum absolute atomic E-state index is 0.0154. The van der Waals surface area contributed by atoms with Gasteiger partial charge in [-0.1, -0.05) is 12.1 Å². The van der Waals surface area contributed by atoms with Gasteiger partial charge in [0.15, 0.2) is 0 Å². The number of carbonyl (C=O) groups is 8. The molecule has 1 aromatic heterocycles. The van der Waals surface area contributed by atoms with Crippen LogP contribution in [0.2, 0.25) is 0 Å². The zero-order valence-corrected chi connectivity index (χ0v) is 39.4. The van der Waals surface area contributed by atoms with Crippen LogP contribution in [0.4, 0.5) is 14.5 Å². The van der Waals surface area contributed by atoms with Gasteiger partial charge in [-0.25, -0.2) is 0 Å². The molecule has 0 radical (unpaired) electrons. The molecule has 71 heavy (non-hydrogen) atoms. The van der Waals surface area contributed by atoms with Gasteiger partial charge in [0.2, 0.25) is 29.5 Å². The summed E-state index contributed by atoms with van der Waals surface area (Å²) in [4.78, 5) is 129. The van der Waals surface area contributed by atoms with Crippen molar-refractivity contribution in [3.05, 3.63) is 64.8 Å². The molecule has 4 aliphatic heterocycles. The number of piperidine rings is 1. The normalized spacial score (nSPS) is 20.9. The number of nitrogens with two attached hydrogens (primary N) is 1. The van der Waals surface area contributed by atoms with Crippen molar-refractivity contribution in [1.82, 2.24) is 35.6 Å². The van der Waals surface area contributed by atoms with Crippen LogP contribution in [0.1, 0.15) is 81.7 Å². The number of hydrogen-bond donors (Lipinski definition) is 8. The van der Waals surface area contributed by atoms with Gasteiger partial charge in [-0.3, -0.25) is 58.0 Å². The summed E-state index contributed by atoms with van der Waals surface area (Å²) in [6.07, 6.45) is 1.85. The first-order valence-electron chi connectivity index (χ1n) is 23.2. The lowest BCUT2D eigenvalue weighted by molar-refractivity contribution is -0.143. The van der Waals surface area contributed by atoms with Crippen LogP contribution in [0.15, 0.2) is 42.5 Å². The van der Waals surface area contributed by atoms with E-state index < -0.39 is 84.2 Å². The van der Waals surface area contributed by atoms with Crippen LogP contribution in [0.5, 0.6) is 0 Å². The Kier molecular flexibility index (Phi) is 17.0. The van der Waals surface area contributed by atoms with E-state index in [4.69, 9.17) is 19.9 Å². The maximum atomic E-state index is 14.5. The monoisotopic (exact) mass is 1020 g/mol. The zero-order valence-electron chi connectivity index (χ0n) is 38.5. The molecule has 0 bridgehead atoms. The summed E-state index contributed by atoms with van der Waals surface area (Å²) in [6.45, 7) is 2.73. The lowest BCUT2D eigenvalue weighted by atomic mass is 10.0. The summed E-state index contributed by atoms with van der Waals surface area (Å²) >= 11 is 0. The number of fused-ring (bicyclic) bond motifs is 3. The summed E-state index contributed by atoms with van der Waals surface area (Å²) in [7, 11) is -5.86. The molecular weight excluding hydrogens is 960 g/mol. The quantitative estimate of drug-likeness (QED) is 0.0364. The third-order valence-electron chi connectivity index (χ3n) is 12.7. The Hall–Kier alpha value is -6.21. The SMILES string of the molecule is NC(=O)CCCNC(=O)[C@@H]1CC[C@@H]2CCN(CCOCCOCCOCCNc3cccc4c3C(=O)N(C3CCC(=O)NC3=O)C4=O)C[C@H](NC(=O)c3cc4cc(C(F)(F)P(=O)(O)O)ccc4[nH]3)C(=O)N21. The van der Waals surface area contributed by atoms with E-state index in [0.29, 0.717) is 44.5 Å². The first-order chi connectivity index (χ1) is 33.8. The highest BCUT2D eigenvalue weighted by Gasteiger charge is 2.51. The van der Waals surface area contributed by atoms with E-state index in [2.05, 4.69) is 26.3 Å². The standard InChI is InChI=1S/C45H56F2N9O14P/c46-45(47,71(65,66)67)27-6-8-30-26(23-27)24-32(51-30)39(59)52-33-25-54(15-12-28-7-9-34(55(28)43(33)63)40(60)50-13-2-5-36(48)57)16-18-69-20-22-70-21-19-68-17-14-49-31-4-1-3-29-38(31)44(64)56(42(29)62)35-10-11-37(58)53-41(35)61/h1,3-4,6,8,23-24,28,33-35,49,51H,2,5,7,9-22,25H2,(H2,48,57)(H,50,60)(H,52,59)(H,53,58,61)(H2,65,66,67)/t28-,33+,34+,35?/m1/s1. The average Bonchev–Trinajstić information content (AvgIpc) is 4.02. The maximum Gasteiger partial charge on any atom is 0.399 e. The molecule has 5 heterocycles. The van der Waals surface area contributed by atoms with Crippen LogP contribution in [0, 0.1) is 0 Å². The number of benzene rings is 2. The fourth-order valence-corrected chi connectivity index (χ4v) is 9.58. The van der Waals surface area contributed by atoms with Crippen molar-refractivity contribution >= 4 is 71.4 Å². The minimum Gasteiger partial charge on any atom is -0.382 e. The second-order valence-electron chi connectivity index (χ2n) is 17.5. The topological polar surface area (TPSA) is 321 Å². The van der Waals surface area contributed by atoms with Gasteiger partial charge in [-0.15, -0.1) is 0 Å². The third-order valence-corrected chi connectivity index (χ3v) is 13.7. The summed E-state index contributed by atoms with van der Waals surface area (Å²) in [5.74, 6) is -4.57. The molecule has 1 unspecified atom stereocenters. The van der Waals surface area contributed by atoms with Gasteiger partial charge in [0.05, 0.1) is 50.8 Å². The first-order valence-corrected chi connectivity index (χ1v) is 24.8. The summed E-state index contributed by atoms with van der Waals surface area (Å²) in [6, 6.07) is 5.43. The van der Waals surface area contributed by atoms with Crippen molar-refractivity contribution in [2.45, 2.75) is 74.8 Å². The van der Waals surface area contributed by atoms with Crippen LogP contribution >= 0.6 is 7.60 Å². The van der Waals surface area contributed by atoms with E-state index in [-0.39, 0.29) is 112 Å². The molecule has 9 N–H and O–H groups in total. The molecule has 384 valence electrons. The molecule has 0 aliphatic carbocycles. The summed E-state index contributed by atoms with van der Waals surface area (Å²) in [5.41, 5.74) is 0.610. The highest BCUT2D eigenvalue weighted by atomic mass is 31.2. The second-order valence-corrected chi connectivity index (χ2v) is 19.1. The molecule has 26 heteroatoms. The number of aromatic nitrogens is 1. The van der Waals surface area contributed by atoms with E-state index in [9.17, 15) is 61.5 Å². The molecular formula is C45H56F2N9O14P. The number of hydrogen-bond acceptors (Lipinski definition) is 14. The molecule has 4 atom stereocenters. The van der Waals surface area contributed by atoms with Crippen LogP contribution in [0.25, 0.3) is 10.9 Å². The van der Waals surface area contributed by atoms with E-state index in [1.165, 1.54) is 17.0 Å². The molecule has 8 amide bonds. The van der Waals surface area contributed by atoms with Gasteiger partial charge in [0.1, 0.15) is 23.8 Å². The van der Waals surface area contributed by atoms with E-state index in [1.54, 1.807) is 12.1 Å². The van der Waals surface area contributed by atoms with Crippen LogP contribution in [-0.2, 0) is 48.4 Å². The molecule has 3 saturated heterocycles. The minimum atomic E-state index is -5.86. The Labute approximate surface area is 405 Å². The number of anilines is 1. The fraction of sp³-hybridized carbons (Fsp3) is 0.511. The van der Waals surface area contributed by atoms with Crippen molar-refractivity contribution in [1.29, 1.82) is 0 Å². The average molecular weight is 1020 g/mol. The van der Waals surface area contributed by atoms with Gasteiger partial charge in [-0.05, 0) is 62.4 Å². The highest BCUT2D eigenvalue weighted by Crippen LogP contribution is 2.59. The predicted octanol–water partition coefficient (Wildman–Crippen LogP) is 0.503. The number of amides is 8. The van der Waals surface area contributed by atoms with Crippen LogP contribution in [-0.4, -0.2) is 173 Å². The Morgan fingerprint density at radius 3 is 2.34 bits per heavy atom. The van der Waals surface area contributed by atoms with Crippen LogP contribution in [0.3, 0.4) is 0 Å². The first kappa shape index (κ1) is 52.6. The number of primary amides is 1. The van der Waals surface area contributed by atoms with Crippen molar-refractivity contribution in [2.75, 3.05) is 77.7 Å². The molecule has 3 aromatic rings. The molecule has 0 spiro atoms. The molecule has 3 fully saturated rings. The number of nitrogens with one attached hydrogen (secondary N) is 5. The van der Waals surface area contributed by atoms with E-state index >= 15 is 0 Å². The maximum absolute atomic E-state index is 14.5. The molecule has 4 aliphatic rings. The summed E-state index contributed by atoms with van der Waals surface area (Å²) in [5, 5.41) is 10.9. The lowest BCUT2D eigenvalue weighted by Crippen LogP contribution is -2.60. The fourth-order valence-electron chi connectivity index (χ4n) is 9.10. The van der Waals surface area contributed by atoms with E-state index in [0.717, 1.165) is 23.1 Å². The molecule has 23 nitrogen and oxygen atoms in total. The number of imide groups is 2. The van der Waals surface area contributed by atoms with Gasteiger partial charge in [0.25, 0.3) is 17.7 Å². The zero-order chi connectivity index (χ0) is 51.0. The molecule has 2 aromatic carbocycles. The lowest BCUT2D eigenvalue weighted by Gasteiger charge is -2.38. The van der Waals surface area contributed by atoms with Gasteiger partial charge in [0, 0.05) is 73.8 Å².